The molecule has 0 heterocycles. The van der Waals surface area contributed by atoms with E-state index in [1.165, 1.54) is 122 Å². The highest BCUT2D eigenvalue weighted by molar-refractivity contribution is 5.83. The molecule has 0 spiro atoms. The SMILES string of the molecule is NCCCCCCCCCCCCN.O=Cc1ccccc1O.Oc1ccccc1C=NCCCCCCCCCCCCN=Cc1ccccc1O. The van der Waals surface area contributed by atoms with Crippen molar-refractivity contribution < 1.29 is 20.1 Å². The summed E-state index contributed by atoms with van der Waals surface area (Å²) in [6.45, 7) is 3.39. The molecule has 0 aliphatic carbocycles. The van der Waals surface area contributed by atoms with E-state index in [1.54, 1.807) is 42.8 Å². The Hall–Kier alpha value is -4.01. The largest absolute Gasteiger partial charge is 0.507 e. The number of aldehydes is 1. The van der Waals surface area contributed by atoms with Crippen molar-refractivity contribution >= 4 is 18.7 Å². The van der Waals surface area contributed by atoms with Crippen molar-refractivity contribution in [2.75, 3.05) is 26.2 Å². The summed E-state index contributed by atoms with van der Waals surface area (Å²) in [4.78, 5) is 18.9. The van der Waals surface area contributed by atoms with Crippen molar-refractivity contribution in [3.63, 3.8) is 0 Å². The number of nitrogens with two attached hydrogens (primary N) is 2. The number of rotatable bonds is 27. The van der Waals surface area contributed by atoms with Gasteiger partial charge in [-0.3, -0.25) is 14.8 Å². The fourth-order valence-corrected chi connectivity index (χ4v) is 5.63. The van der Waals surface area contributed by atoms with Gasteiger partial charge in [-0.1, -0.05) is 139 Å². The van der Waals surface area contributed by atoms with Gasteiger partial charge in [-0.25, -0.2) is 0 Å². The van der Waals surface area contributed by atoms with Crippen LogP contribution in [0, 0.1) is 0 Å². The summed E-state index contributed by atoms with van der Waals surface area (Å²) in [6.07, 6.45) is 30.1. The van der Waals surface area contributed by atoms with E-state index >= 15 is 0 Å². The highest BCUT2D eigenvalue weighted by Crippen LogP contribution is 2.15. The average molecular weight is 731 g/mol. The van der Waals surface area contributed by atoms with Crippen LogP contribution in [0.4, 0.5) is 0 Å². The van der Waals surface area contributed by atoms with Crippen molar-refractivity contribution in [2.24, 2.45) is 21.5 Å². The molecule has 0 fully saturated rings. The maximum atomic E-state index is 10.1. The molecule has 0 aromatic heterocycles. The normalized spacial score (nSPS) is 10.9. The third kappa shape index (κ3) is 27.3. The summed E-state index contributed by atoms with van der Waals surface area (Å²) in [5, 5.41) is 28.2. The predicted octanol–water partition coefficient (Wildman–Crippen LogP) is 10.5. The van der Waals surface area contributed by atoms with Crippen molar-refractivity contribution in [3.05, 3.63) is 89.5 Å². The number of aromatic hydroxyl groups is 3. The minimum Gasteiger partial charge on any atom is -0.507 e. The molecule has 3 rings (SSSR count). The molecule has 294 valence electrons. The second-order valence-corrected chi connectivity index (χ2v) is 13.5. The van der Waals surface area contributed by atoms with E-state index in [9.17, 15) is 15.0 Å². The lowest BCUT2D eigenvalue weighted by Gasteiger charge is -2.02. The molecule has 0 unspecified atom stereocenters. The third-order valence-corrected chi connectivity index (χ3v) is 8.88. The van der Waals surface area contributed by atoms with Gasteiger partial charge in [0.05, 0.1) is 5.56 Å². The van der Waals surface area contributed by atoms with Gasteiger partial charge in [-0.15, -0.1) is 0 Å². The van der Waals surface area contributed by atoms with Crippen LogP contribution in [0.2, 0.25) is 0 Å². The Morgan fingerprint density at radius 3 is 0.925 bits per heavy atom. The summed E-state index contributed by atoms with van der Waals surface area (Å²) in [7, 11) is 0. The summed E-state index contributed by atoms with van der Waals surface area (Å²) < 4.78 is 0. The Morgan fingerprint density at radius 1 is 0.396 bits per heavy atom. The van der Waals surface area contributed by atoms with Crippen LogP contribution >= 0.6 is 0 Å². The number of carbonyl (C=O) groups is 1. The molecular weight excluding hydrogens is 661 g/mol. The van der Waals surface area contributed by atoms with Crippen LogP contribution in [-0.2, 0) is 0 Å². The van der Waals surface area contributed by atoms with Gasteiger partial charge in [0, 0.05) is 36.6 Å². The van der Waals surface area contributed by atoms with Crippen LogP contribution in [-0.4, -0.2) is 60.2 Å². The number of phenols is 3. The molecule has 53 heavy (non-hydrogen) atoms. The van der Waals surface area contributed by atoms with Crippen LogP contribution in [0.25, 0.3) is 0 Å². The number of hydrogen-bond acceptors (Lipinski definition) is 8. The van der Waals surface area contributed by atoms with E-state index in [-0.39, 0.29) is 5.75 Å². The minimum absolute atomic E-state index is 0.0347. The molecule has 0 saturated heterocycles. The van der Waals surface area contributed by atoms with Gasteiger partial charge in [0.15, 0.2) is 6.29 Å². The number of benzene rings is 3. The minimum atomic E-state index is 0.0347. The number of carbonyl (C=O) groups excluding carboxylic acids is 1. The van der Waals surface area contributed by atoms with Gasteiger partial charge in [0.1, 0.15) is 17.2 Å². The van der Waals surface area contributed by atoms with E-state index in [4.69, 9.17) is 16.6 Å². The first-order valence-corrected chi connectivity index (χ1v) is 20.2. The van der Waals surface area contributed by atoms with Crippen molar-refractivity contribution in [1.82, 2.24) is 0 Å². The third-order valence-electron chi connectivity index (χ3n) is 8.88. The number of hydrogen-bond donors (Lipinski definition) is 5. The summed E-state index contributed by atoms with van der Waals surface area (Å²) >= 11 is 0. The van der Waals surface area contributed by atoms with E-state index in [0.29, 0.717) is 23.3 Å². The zero-order chi connectivity index (χ0) is 38.5. The van der Waals surface area contributed by atoms with Gasteiger partial charge in [-0.2, -0.15) is 0 Å². The lowest BCUT2D eigenvalue weighted by atomic mass is 10.1. The summed E-state index contributed by atoms with van der Waals surface area (Å²) in [6, 6.07) is 21.0. The Labute approximate surface area is 320 Å². The molecule has 7 N–H and O–H groups in total. The second-order valence-electron chi connectivity index (χ2n) is 13.5. The molecule has 0 saturated carbocycles. The monoisotopic (exact) mass is 731 g/mol. The number of aliphatic imine (C=N–C) groups is 2. The van der Waals surface area contributed by atoms with Crippen LogP contribution in [0.15, 0.2) is 82.8 Å². The van der Waals surface area contributed by atoms with Crippen molar-refractivity contribution in [1.29, 1.82) is 0 Å². The molecule has 0 bridgehead atoms. The van der Waals surface area contributed by atoms with Gasteiger partial charge < -0.3 is 26.8 Å². The molecule has 0 radical (unpaired) electrons. The summed E-state index contributed by atoms with van der Waals surface area (Å²) in [5.74, 6) is 0.621. The first-order valence-electron chi connectivity index (χ1n) is 20.2. The molecule has 0 aliphatic rings. The maximum Gasteiger partial charge on any atom is 0.153 e. The van der Waals surface area contributed by atoms with E-state index in [2.05, 4.69) is 9.98 Å². The van der Waals surface area contributed by atoms with Gasteiger partial charge in [-0.05, 0) is 75.2 Å². The van der Waals surface area contributed by atoms with Gasteiger partial charge >= 0.3 is 0 Å². The lowest BCUT2D eigenvalue weighted by Crippen LogP contribution is -1.97. The molecule has 0 atom stereocenters. The van der Waals surface area contributed by atoms with Crippen LogP contribution in [0.1, 0.15) is 150 Å². The van der Waals surface area contributed by atoms with Crippen molar-refractivity contribution in [3.8, 4) is 17.2 Å². The molecule has 0 aliphatic heterocycles. The molecule has 3 aromatic carbocycles. The van der Waals surface area contributed by atoms with Gasteiger partial charge in [0.2, 0.25) is 0 Å². The Bertz CT molecular complexity index is 1270. The molecule has 3 aromatic rings. The number of phenolic OH excluding ortho intramolecular Hbond substituents is 3. The first kappa shape index (κ1) is 47.0. The van der Waals surface area contributed by atoms with E-state index in [0.717, 1.165) is 50.1 Å². The van der Waals surface area contributed by atoms with Crippen LogP contribution in [0.5, 0.6) is 17.2 Å². The summed E-state index contributed by atoms with van der Waals surface area (Å²) in [5.41, 5.74) is 12.8. The van der Waals surface area contributed by atoms with E-state index < -0.39 is 0 Å². The molecule has 0 amide bonds. The smallest absolute Gasteiger partial charge is 0.153 e. The fraction of sp³-hybridized carbons (Fsp3) is 0.533. The quantitative estimate of drug-likeness (QED) is 0.0299. The molecular formula is C45H70N4O4. The number of para-hydroxylation sites is 3. The van der Waals surface area contributed by atoms with Crippen molar-refractivity contribution in [2.45, 2.75) is 128 Å². The predicted molar refractivity (Wildman–Crippen MR) is 225 cm³/mol. The number of nitrogens with zero attached hydrogens (tertiary/aromatic N) is 2. The Balaban J connectivity index is 0.000000500. The van der Waals surface area contributed by atoms with Crippen LogP contribution in [0.3, 0.4) is 0 Å². The van der Waals surface area contributed by atoms with Crippen LogP contribution < -0.4 is 11.5 Å². The highest BCUT2D eigenvalue weighted by atomic mass is 16.3. The first-order chi connectivity index (χ1) is 26.0. The lowest BCUT2D eigenvalue weighted by molar-refractivity contribution is 0.112. The topological polar surface area (TPSA) is 155 Å². The highest BCUT2D eigenvalue weighted by Gasteiger charge is 1.97. The standard InChI is InChI=1S/C26H36N2O2.C12H28N2.C7H6O2/c29-25-17-11-9-15-23(25)21-27-19-13-7-5-3-1-2-4-6-8-14-20-28-22-24-16-10-12-18-26(24)30;13-11-9-7-5-3-1-2-4-6-8-10-12-14;8-5-6-3-1-2-4-7(6)9/h9-12,15-18,21-22,29-30H,1-8,13-14,19-20H2;1-14H2;1-5,9H. The zero-order valence-corrected chi connectivity index (χ0v) is 32.4. The fourth-order valence-electron chi connectivity index (χ4n) is 5.63. The second kappa shape index (κ2) is 35.0. The molecule has 8 nitrogen and oxygen atoms in total. The Morgan fingerprint density at radius 2 is 0.660 bits per heavy atom. The molecule has 8 heteroatoms. The number of unbranched alkanes of at least 4 members (excludes halogenated alkanes) is 18. The Kier molecular flexibility index (Phi) is 31.1. The zero-order valence-electron chi connectivity index (χ0n) is 32.4. The maximum absolute atomic E-state index is 10.1. The average Bonchev–Trinajstić information content (AvgIpc) is 3.17. The van der Waals surface area contributed by atoms with Gasteiger partial charge in [0.25, 0.3) is 0 Å². The van der Waals surface area contributed by atoms with E-state index in [1.807, 2.05) is 36.4 Å².